The van der Waals surface area contributed by atoms with Crippen LogP contribution in [0.2, 0.25) is 0 Å². The fourth-order valence-corrected chi connectivity index (χ4v) is 1.15. The summed E-state index contributed by atoms with van der Waals surface area (Å²) in [5.74, 6) is 0. The molecule has 0 aromatic carbocycles. The van der Waals surface area contributed by atoms with E-state index in [-0.39, 0.29) is 12.1 Å². The molecular weight excluding hydrogens is 132 g/mol. The number of ether oxygens (including phenoxy) is 1. The van der Waals surface area contributed by atoms with Crippen LogP contribution in [-0.2, 0) is 4.74 Å². The highest BCUT2D eigenvalue weighted by molar-refractivity contribution is 4.73. The van der Waals surface area contributed by atoms with Gasteiger partial charge in [-0.2, -0.15) is 0 Å². The highest BCUT2D eigenvalue weighted by Gasteiger charge is 2.18. The predicted molar refractivity (Wildman–Crippen MR) is 36.7 cm³/mol. The lowest BCUT2D eigenvalue weighted by atomic mass is 10.0. The van der Waals surface area contributed by atoms with Gasteiger partial charge in [0.25, 0.3) is 0 Å². The van der Waals surface area contributed by atoms with Crippen molar-refractivity contribution in [2.45, 2.75) is 25.0 Å². The van der Waals surface area contributed by atoms with E-state index in [1.54, 1.807) is 0 Å². The number of hydroxylamine groups is 1. The molecule has 1 rings (SSSR count). The second kappa shape index (κ2) is 3.88. The fourth-order valence-electron chi connectivity index (χ4n) is 1.15. The van der Waals surface area contributed by atoms with Crippen molar-refractivity contribution in [3.05, 3.63) is 0 Å². The topological polar surface area (TPSA) is 67.5 Å². The molecule has 1 heterocycles. The molecule has 0 radical (unpaired) electrons. The van der Waals surface area contributed by atoms with Crippen LogP contribution in [0, 0.1) is 0 Å². The van der Waals surface area contributed by atoms with Gasteiger partial charge in [0.15, 0.2) is 0 Å². The first kappa shape index (κ1) is 7.94. The fraction of sp³-hybridized carbons (Fsp3) is 1.00. The predicted octanol–water partition coefficient (Wildman–Crippen LogP) is -0.529. The van der Waals surface area contributed by atoms with Crippen molar-refractivity contribution in [1.29, 1.82) is 0 Å². The molecule has 4 heteroatoms. The molecule has 0 bridgehead atoms. The van der Waals surface area contributed by atoms with Crippen LogP contribution >= 0.6 is 0 Å². The third kappa shape index (κ3) is 2.22. The summed E-state index contributed by atoms with van der Waals surface area (Å²) in [6.45, 7) is 1.20. The van der Waals surface area contributed by atoms with E-state index < -0.39 is 0 Å². The van der Waals surface area contributed by atoms with Gasteiger partial charge in [-0.3, -0.25) is 0 Å². The zero-order valence-electron chi connectivity index (χ0n) is 5.92. The molecule has 1 aliphatic heterocycles. The van der Waals surface area contributed by atoms with E-state index in [1.165, 1.54) is 0 Å². The van der Waals surface area contributed by atoms with Crippen LogP contribution in [0.15, 0.2) is 0 Å². The first-order chi connectivity index (χ1) is 4.83. The van der Waals surface area contributed by atoms with Crippen molar-refractivity contribution < 1.29 is 9.94 Å². The highest BCUT2D eigenvalue weighted by Crippen LogP contribution is 2.10. The molecule has 0 unspecified atom stereocenters. The largest absolute Gasteiger partial charge is 0.377 e. The van der Waals surface area contributed by atoms with Crippen molar-refractivity contribution >= 4 is 0 Å². The van der Waals surface area contributed by atoms with E-state index >= 15 is 0 Å². The summed E-state index contributed by atoms with van der Waals surface area (Å²) in [6.07, 6.45) is 1.86. The maximum atomic E-state index is 8.33. The van der Waals surface area contributed by atoms with E-state index in [0.717, 1.165) is 12.8 Å². The van der Waals surface area contributed by atoms with Gasteiger partial charge in [-0.05, 0) is 12.8 Å². The first-order valence-electron chi connectivity index (χ1n) is 3.57. The Kier molecular flexibility index (Phi) is 3.08. The first-order valence-corrected chi connectivity index (χ1v) is 3.57. The van der Waals surface area contributed by atoms with Crippen LogP contribution in [0.25, 0.3) is 0 Å². The number of rotatable bonds is 2. The quantitative estimate of drug-likeness (QED) is 0.458. The second-order valence-corrected chi connectivity index (χ2v) is 2.64. The lowest BCUT2D eigenvalue weighted by molar-refractivity contribution is -0.0119. The van der Waals surface area contributed by atoms with E-state index in [4.69, 9.17) is 15.7 Å². The van der Waals surface area contributed by atoms with Gasteiger partial charge >= 0.3 is 0 Å². The lowest BCUT2D eigenvalue weighted by Gasteiger charge is -2.26. The second-order valence-electron chi connectivity index (χ2n) is 2.64. The normalized spacial score (nSPS) is 34.2. The van der Waals surface area contributed by atoms with Crippen molar-refractivity contribution in [2.24, 2.45) is 5.73 Å². The molecule has 4 N–H and O–H groups in total. The molecule has 1 fully saturated rings. The number of hydrogen-bond acceptors (Lipinski definition) is 4. The Morgan fingerprint density at radius 3 is 3.10 bits per heavy atom. The summed E-state index contributed by atoms with van der Waals surface area (Å²) in [7, 11) is 0. The van der Waals surface area contributed by atoms with Crippen molar-refractivity contribution in [2.75, 3.05) is 13.2 Å². The minimum Gasteiger partial charge on any atom is -0.377 e. The minimum absolute atomic E-state index is 0.0914. The van der Waals surface area contributed by atoms with Crippen molar-refractivity contribution in [1.82, 2.24) is 5.48 Å². The van der Waals surface area contributed by atoms with E-state index in [2.05, 4.69) is 5.48 Å². The number of nitrogens with two attached hydrogens (primary N) is 1. The Hall–Kier alpha value is -0.160. The third-order valence-corrected chi connectivity index (χ3v) is 1.73. The molecule has 0 saturated carbocycles. The maximum absolute atomic E-state index is 8.33. The van der Waals surface area contributed by atoms with Crippen LogP contribution in [-0.4, -0.2) is 30.5 Å². The molecule has 4 nitrogen and oxygen atoms in total. The van der Waals surface area contributed by atoms with Gasteiger partial charge < -0.3 is 15.7 Å². The molecule has 0 aromatic heterocycles. The standard InChI is InChI=1S/C6H14N2O2/c7-5-1-2-10-6(3-5)4-8-9/h5-6,8-9H,1-4,7H2/t5-,6+/m1/s1. The van der Waals surface area contributed by atoms with Crippen LogP contribution in [0.4, 0.5) is 0 Å². The van der Waals surface area contributed by atoms with E-state index in [1.807, 2.05) is 0 Å². The Morgan fingerprint density at radius 2 is 2.50 bits per heavy atom. The Morgan fingerprint density at radius 1 is 1.70 bits per heavy atom. The molecular formula is C6H14N2O2. The Bertz CT molecular complexity index is 97.7. The molecule has 10 heavy (non-hydrogen) atoms. The zero-order valence-corrected chi connectivity index (χ0v) is 5.92. The average molecular weight is 146 g/mol. The summed E-state index contributed by atoms with van der Waals surface area (Å²) in [6, 6.07) is 0.243. The summed E-state index contributed by atoms with van der Waals surface area (Å²) >= 11 is 0. The molecule has 1 saturated heterocycles. The SMILES string of the molecule is N[C@@H]1CCO[C@H](CNO)C1. The highest BCUT2D eigenvalue weighted by atomic mass is 16.5. The van der Waals surface area contributed by atoms with Gasteiger partial charge in [0.2, 0.25) is 0 Å². The molecule has 1 aliphatic rings. The molecule has 0 amide bonds. The smallest absolute Gasteiger partial charge is 0.0737 e. The monoisotopic (exact) mass is 146 g/mol. The van der Waals surface area contributed by atoms with Gasteiger partial charge in [-0.15, -0.1) is 0 Å². The average Bonchev–Trinajstić information content (AvgIpc) is 1.88. The van der Waals surface area contributed by atoms with Crippen LogP contribution < -0.4 is 11.2 Å². The van der Waals surface area contributed by atoms with Crippen molar-refractivity contribution in [3.8, 4) is 0 Å². The van der Waals surface area contributed by atoms with Gasteiger partial charge in [-0.1, -0.05) is 0 Å². The molecule has 0 spiro atoms. The van der Waals surface area contributed by atoms with Gasteiger partial charge in [-0.25, -0.2) is 5.48 Å². The van der Waals surface area contributed by atoms with Gasteiger partial charge in [0.1, 0.15) is 0 Å². The molecule has 60 valence electrons. The number of nitrogens with one attached hydrogen (secondary N) is 1. The van der Waals surface area contributed by atoms with E-state index in [0.29, 0.717) is 13.2 Å². The number of hydrogen-bond donors (Lipinski definition) is 3. The molecule has 0 aliphatic carbocycles. The van der Waals surface area contributed by atoms with E-state index in [9.17, 15) is 0 Å². The Labute approximate surface area is 60.3 Å². The lowest BCUT2D eigenvalue weighted by Crippen LogP contribution is -2.39. The molecule has 2 atom stereocenters. The van der Waals surface area contributed by atoms with Crippen LogP contribution in [0.1, 0.15) is 12.8 Å². The third-order valence-electron chi connectivity index (χ3n) is 1.73. The van der Waals surface area contributed by atoms with Gasteiger partial charge in [0.05, 0.1) is 6.10 Å². The van der Waals surface area contributed by atoms with Gasteiger partial charge in [0, 0.05) is 19.2 Å². The summed E-state index contributed by atoms with van der Waals surface area (Å²) < 4.78 is 5.29. The summed E-state index contributed by atoms with van der Waals surface area (Å²) in [5.41, 5.74) is 7.74. The zero-order chi connectivity index (χ0) is 7.40. The van der Waals surface area contributed by atoms with Crippen LogP contribution in [0.5, 0.6) is 0 Å². The minimum atomic E-state index is 0.0914. The van der Waals surface area contributed by atoms with Crippen molar-refractivity contribution in [3.63, 3.8) is 0 Å². The maximum Gasteiger partial charge on any atom is 0.0737 e. The molecule has 0 aromatic rings. The summed E-state index contributed by atoms with van der Waals surface area (Å²) in [4.78, 5) is 0. The van der Waals surface area contributed by atoms with Crippen LogP contribution in [0.3, 0.4) is 0 Å². The Balaban J connectivity index is 2.18. The summed E-state index contributed by atoms with van der Waals surface area (Å²) in [5, 5.41) is 8.33.